The molecule has 1 saturated carbocycles. The molecule has 0 heterocycles. The van der Waals surface area contributed by atoms with Crippen molar-refractivity contribution < 1.29 is 9.84 Å². The maximum Gasteiger partial charge on any atom is 0.191 e. The molecule has 1 aliphatic rings. The number of nitrogens with zero attached hydrogens (tertiary/aromatic N) is 2. The minimum atomic E-state index is -0.658. The van der Waals surface area contributed by atoms with Crippen LogP contribution in [0.2, 0.25) is 0 Å². The maximum absolute atomic E-state index is 10.5. The lowest BCUT2D eigenvalue weighted by molar-refractivity contribution is 0.185. The molecule has 1 aliphatic carbocycles. The van der Waals surface area contributed by atoms with Gasteiger partial charge in [0.2, 0.25) is 0 Å². The van der Waals surface area contributed by atoms with E-state index in [0.29, 0.717) is 6.54 Å². The predicted octanol–water partition coefficient (Wildman–Crippen LogP) is 3.16. The standard InChI is InChI=1S/C21H36N4O2.HI/c1-5-22-21(23-12-13-25(6-2)18-10-11-18)24-15-20(26)17-8-7-9-19(14-17)27-16(3)4;/h7-9,14,16,18,20,26H,5-6,10-13,15H2,1-4H3,(H2,22,23,24);1H. The van der Waals surface area contributed by atoms with E-state index in [4.69, 9.17) is 4.74 Å². The normalized spacial score (nSPS) is 15.3. The third-order valence-electron chi connectivity index (χ3n) is 4.54. The van der Waals surface area contributed by atoms with Crippen molar-refractivity contribution in [3.05, 3.63) is 29.8 Å². The van der Waals surface area contributed by atoms with Crippen molar-refractivity contribution in [3.8, 4) is 5.75 Å². The highest BCUT2D eigenvalue weighted by atomic mass is 127. The first kappa shape index (κ1) is 25.0. The molecule has 0 radical (unpaired) electrons. The average molecular weight is 504 g/mol. The Balaban J connectivity index is 0.00000392. The maximum atomic E-state index is 10.5. The number of likely N-dealkylation sites (N-methyl/N-ethyl adjacent to an activating group) is 1. The van der Waals surface area contributed by atoms with Crippen molar-refractivity contribution in [1.29, 1.82) is 0 Å². The third-order valence-corrected chi connectivity index (χ3v) is 4.54. The minimum Gasteiger partial charge on any atom is -0.491 e. The molecule has 3 N–H and O–H groups in total. The highest BCUT2D eigenvalue weighted by Crippen LogP contribution is 2.25. The Morgan fingerprint density at radius 2 is 2.04 bits per heavy atom. The van der Waals surface area contributed by atoms with Gasteiger partial charge in [0, 0.05) is 25.7 Å². The fourth-order valence-electron chi connectivity index (χ4n) is 3.05. The topological polar surface area (TPSA) is 69.1 Å². The second-order valence-corrected chi connectivity index (χ2v) is 7.26. The fourth-order valence-corrected chi connectivity index (χ4v) is 3.05. The van der Waals surface area contributed by atoms with Crippen LogP contribution in [-0.4, -0.2) is 60.8 Å². The van der Waals surface area contributed by atoms with Crippen LogP contribution in [0.3, 0.4) is 0 Å². The summed E-state index contributed by atoms with van der Waals surface area (Å²) >= 11 is 0. The van der Waals surface area contributed by atoms with Crippen LogP contribution in [0, 0.1) is 0 Å². The number of hydrogen-bond acceptors (Lipinski definition) is 4. The summed E-state index contributed by atoms with van der Waals surface area (Å²) in [6, 6.07) is 8.38. The van der Waals surface area contributed by atoms with Gasteiger partial charge in [-0.25, -0.2) is 0 Å². The van der Waals surface area contributed by atoms with Crippen LogP contribution in [-0.2, 0) is 0 Å². The summed E-state index contributed by atoms with van der Waals surface area (Å²) in [6.45, 7) is 12.3. The lowest BCUT2D eigenvalue weighted by Crippen LogP contribution is -2.42. The molecule has 0 spiro atoms. The molecule has 7 heteroatoms. The smallest absolute Gasteiger partial charge is 0.191 e. The fraction of sp³-hybridized carbons (Fsp3) is 0.667. The Kier molecular flexibility index (Phi) is 11.8. The van der Waals surface area contributed by atoms with Gasteiger partial charge in [-0.1, -0.05) is 19.1 Å². The second kappa shape index (κ2) is 13.2. The van der Waals surface area contributed by atoms with E-state index in [9.17, 15) is 5.11 Å². The van der Waals surface area contributed by atoms with Gasteiger partial charge in [0.25, 0.3) is 0 Å². The van der Waals surface area contributed by atoms with Gasteiger partial charge in [0.1, 0.15) is 5.75 Å². The molecule has 160 valence electrons. The van der Waals surface area contributed by atoms with Gasteiger partial charge in [0.15, 0.2) is 5.96 Å². The molecule has 1 aromatic carbocycles. The van der Waals surface area contributed by atoms with Crippen LogP contribution in [0.15, 0.2) is 29.3 Å². The molecule has 28 heavy (non-hydrogen) atoms. The molecular formula is C21H37IN4O2. The van der Waals surface area contributed by atoms with E-state index in [0.717, 1.165) is 49.5 Å². The Labute approximate surface area is 187 Å². The molecular weight excluding hydrogens is 467 g/mol. The number of aliphatic imine (C=N–C) groups is 1. The number of halogens is 1. The molecule has 0 aromatic heterocycles. The van der Waals surface area contributed by atoms with Gasteiger partial charge < -0.3 is 20.5 Å². The van der Waals surface area contributed by atoms with E-state index in [2.05, 4.69) is 27.4 Å². The summed E-state index contributed by atoms with van der Waals surface area (Å²) in [6.07, 6.45) is 2.11. The van der Waals surface area contributed by atoms with E-state index in [1.165, 1.54) is 12.8 Å². The molecule has 1 aromatic rings. The highest BCUT2D eigenvalue weighted by Gasteiger charge is 2.27. The number of rotatable bonds is 11. The Morgan fingerprint density at radius 1 is 1.29 bits per heavy atom. The van der Waals surface area contributed by atoms with E-state index < -0.39 is 6.10 Å². The summed E-state index contributed by atoms with van der Waals surface area (Å²) in [4.78, 5) is 7.05. The lowest BCUT2D eigenvalue weighted by Gasteiger charge is -2.21. The van der Waals surface area contributed by atoms with Gasteiger partial charge in [-0.15, -0.1) is 24.0 Å². The van der Waals surface area contributed by atoms with Crippen molar-refractivity contribution in [3.63, 3.8) is 0 Å². The molecule has 6 nitrogen and oxygen atoms in total. The lowest BCUT2D eigenvalue weighted by atomic mass is 10.1. The summed E-state index contributed by atoms with van der Waals surface area (Å²) in [5, 5.41) is 17.1. The molecule has 1 fully saturated rings. The zero-order valence-corrected chi connectivity index (χ0v) is 20.0. The average Bonchev–Trinajstić information content (AvgIpc) is 3.47. The molecule has 0 amide bonds. The van der Waals surface area contributed by atoms with Crippen LogP contribution in [0.4, 0.5) is 0 Å². The van der Waals surface area contributed by atoms with Gasteiger partial charge in [-0.05, 0) is 57.9 Å². The van der Waals surface area contributed by atoms with E-state index in [1.807, 2.05) is 45.0 Å². The van der Waals surface area contributed by atoms with Crippen LogP contribution in [0.5, 0.6) is 5.75 Å². The zero-order chi connectivity index (χ0) is 19.6. The van der Waals surface area contributed by atoms with Gasteiger partial charge in [-0.3, -0.25) is 9.89 Å². The van der Waals surface area contributed by atoms with E-state index in [1.54, 1.807) is 0 Å². The largest absolute Gasteiger partial charge is 0.491 e. The van der Waals surface area contributed by atoms with Crippen molar-refractivity contribution >= 4 is 29.9 Å². The number of hydrogen-bond donors (Lipinski definition) is 3. The van der Waals surface area contributed by atoms with Gasteiger partial charge in [0.05, 0.1) is 18.8 Å². The van der Waals surface area contributed by atoms with Gasteiger partial charge >= 0.3 is 0 Å². The Hall–Kier alpha value is -1.06. The number of guanidine groups is 1. The van der Waals surface area contributed by atoms with Crippen molar-refractivity contribution in [2.75, 3.05) is 32.7 Å². The predicted molar refractivity (Wildman–Crippen MR) is 127 cm³/mol. The quantitative estimate of drug-likeness (QED) is 0.246. The molecule has 1 unspecified atom stereocenters. The number of aliphatic hydroxyl groups is 1. The van der Waals surface area contributed by atoms with Crippen LogP contribution in [0.1, 0.15) is 52.2 Å². The zero-order valence-electron chi connectivity index (χ0n) is 17.6. The first-order valence-electron chi connectivity index (χ1n) is 10.2. The number of benzene rings is 1. The molecule has 1 atom stereocenters. The first-order valence-corrected chi connectivity index (χ1v) is 10.2. The Bertz CT molecular complexity index is 594. The molecule has 0 bridgehead atoms. The number of ether oxygens (including phenoxy) is 1. The van der Waals surface area contributed by atoms with E-state index in [-0.39, 0.29) is 30.1 Å². The van der Waals surface area contributed by atoms with Crippen LogP contribution < -0.4 is 15.4 Å². The van der Waals surface area contributed by atoms with Crippen molar-refractivity contribution in [2.24, 2.45) is 4.99 Å². The molecule has 0 aliphatic heterocycles. The third kappa shape index (κ3) is 8.96. The summed E-state index contributed by atoms with van der Waals surface area (Å²) < 4.78 is 5.70. The first-order chi connectivity index (χ1) is 13.0. The highest BCUT2D eigenvalue weighted by molar-refractivity contribution is 14.0. The Morgan fingerprint density at radius 3 is 2.64 bits per heavy atom. The molecule has 2 rings (SSSR count). The van der Waals surface area contributed by atoms with Crippen molar-refractivity contribution in [2.45, 2.75) is 58.8 Å². The number of nitrogens with one attached hydrogen (secondary N) is 2. The number of aliphatic hydroxyl groups excluding tert-OH is 1. The second-order valence-electron chi connectivity index (χ2n) is 7.26. The van der Waals surface area contributed by atoms with Crippen LogP contribution >= 0.6 is 24.0 Å². The summed E-state index contributed by atoms with van der Waals surface area (Å²) in [7, 11) is 0. The van der Waals surface area contributed by atoms with Crippen LogP contribution in [0.25, 0.3) is 0 Å². The van der Waals surface area contributed by atoms with E-state index >= 15 is 0 Å². The SMILES string of the molecule is CCNC(=NCC(O)c1cccc(OC(C)C)c1)NCCN(CC)C1CC1.I. The summed E-state index contributed by atoms with van der Waals surface area (Å²) in [5.41, 5.74) is 0.818. The van der Waals surface area contributed by atoms with Crippen molar-refractivity contribution in [1.82, 2.24) is 15.5 Å². The summed E-state index contributed by atoms with van der Waals surface area (Å²) in [5.74, 6) is 1.52. The molecule has 0 saturated heterocycles. The minimum absolute atomic E-state index is 0. The monoisotopic (exact) mass is 504 g/mol. The van der Waals surface area contributed by atoms with Gasteiger partial charge in [-0.2, -0.15) is 0 Å².